The van der Waals surface area contributed by atoms with Crippen LogP contribution in [-0.4, -0.2) is 36.5 Å². The number of Topliss-reactive ketones (excluding diaryl/α,β-unsaturated/α-hetero) is 1. The Hall–Kier alpha value is -1.72. The predicted octanol–water partition coefficient (Wildman–Crippen LogP) is 0.0515. The molecule has 0 aliphatic carbocycles. The summed E-state index contributed by atoms with van der Waals surface area (Å²) in [7, 11) is 0. The Morgan fingerprint density at radius 3 is 2.50 bits per heavy atom. The highest BCUT2D eigenvalue weighted by atomic mass is 16.5. The number of ether oxygens (including phenoxy) is 1. The van der Waals surface area contributed by atoms with E-state index < -0.39 is 17.8 Å². The molecule has 0 radical (unpaired) electrons. The Bertz CT molecular complexity index is 276. The van der Waals surface area contributed by atoms with Crippen LogP contribution in [-0.2, 0) is 19.1 Å². The molecule has 0 aliphatic heterocycles. The van der Waals surface area contributed by atoms with Gasteiger partial charge in [0.05, 0.1) is 12.3 Å². The average molecular weight is 228 g/mol. The van der Waals surface area contributed by atoms with Crippen molar-refractivity contribution in [2.75, 3.05) is 0 Å². The maximum absolute atomic E-state index is 11.4. The van der Waals surface area contributed by atoms with Gasteiger partial charge in [0.2, 0.25) is 6.41 Å². The van der Waals surface area contributed by atoms with Gasteiger partial charge in [-0.25, -0.2) is 4.79 Å². The summed E-state index contributed by atoms with van der Waals surface area (Å²) in [5.41, 5.74) is 0. The lowest BCUT2D eigenvalue weighted by Gasteiger charge is -2.16. The van der Waals surface area contributed by atoms with Crippen molar-refractivity contribution in [2.24, 2.45) is 0 Å². The van der Waals surface area contributed by atoms with E-state index >= 15 is 0 Å². The molecule has 2 N–H and O–H groups in total. The standard InChI is InChI=1S/C10H16N2O4/c1-7(2)16-10(15)9(12-6-13)4-3-8(14)5-11/h5-7,9,11H,3-4H2,1-2H3,(H,12,13). The molecule has 0 spiro atoms. The summed E-state index contributed by atoms with van der Waals surface area (Å²) in [6.45, 7) is 3.39. The molecule has 0 rings (SSSR count). The van der Waals surface area contributed by atoms with Crippen LogP contribution in [0.25, 0.3) is 0 Å². The number of ketones is 1. The number of rotatable bonds is 8. The molecule has 1 atom stereocenters. The maximum Gasteiger partial charge on any atom is 0.328 e. The van der Waals surface area contributed by atoms with Gasteiger partial charge in [-0.1, -0.05) is 0 Å². The zero-order chi connectivity index (χ0) is 12.6. The van der Waals surface area contributed by atoms with Crippen molar-refractivity contribution >= 4 is 24.4 Å². The zero-order valence-corrected chi connectivity index (χ0v) is 9.36. The van der Waals surface area contributed by atoms with Crippen LogP contribution in [0.5, 0.6) is 0 Å². The molecule has 0 aliphatic rings. The fraction of sp³-hybridized carbons (Fsp3) is 0.600. The molecule has 0 heterocycles. The van der Waals surface area contributed by atoms with E-state index in [-0.39, 0.29) is 18.9 Å². The third-order valence-corrected chi connectivity index (χ3v) is 1.75. The topological polar surface area (TPSA) is 96.3 Å². The van der Waals surface area contributed by atoms with Crippen LogP contribution in [0.1, 0.15) is 26.7 Å². The molecule has 0 fully saturated rings. The van der Waals surface area contributed by atoms with Gasteiger partial charge in [-0.15, -0.1) is 0 Å². The zero-order valence-electron chi connectivity index (χ0n) is 9.36. The van der Waals surface area contributed by atoms with Gasteiger partial charge in [0.1, 0.15) is 6.04 Å². The minimum atomic E-state index is -0.830. The number of hydrogen-bond acceptors (Lipinski definition) is 5. The summed E-state index contributed by atoms with van der Waals surface area (Å²) in [4.78, 5) is 32.6. The highest BCUT2D eigenvalue weighted by Crippen LogP contribution is 2.02. The van der Waals surface area contributed by atoms with E-state index in [0.29, 0.717) is 12.6 Å². The number of amides is 1. The molecule has 0 saturated carbocycles. The number of carbonyl (C=O) groups excluding carboxylic acids is 3. The van der Waals surface area contributed by atoms with Crippen molar-refractivity contribution in [3.8, 4) is 0 Å². The fourth-order valence-corrected chi connectivity index (χ4v) is 1.02. The van der Waals surface area contributed by atoms with Crippen LogP contribution in [0.3, 0.4) is 0 Å². The summed E-state index contributed by atoms with van der Waals surface area (Å²) in [5, 5.41) is 8.98. The Morgan fingerprint density at radius 2 is 2.06 bits per heavy atom. The molecule has 90 valence electrons. The normalized spacial score (nSPS) is 11.7. The highest BCUT2D eigenvalue weighted by Gasteiger charge is 2.20. The second kappa shape index (κ2) is 7.56. The van der Waals surface area contributed by atoms with Crippen LogP contribution in [0.15, 0.2) is 0 Å². The van der Waals surface area contributed by atoms with Crippen LogP contribution in [0.4, 0.5) is 0 Å². The lowest BCUT2D eigenvalue weighted by Crippen LogP contribution is -2.38. The fourth-order valence-electron chi connectivity index (χ4n) is 1.02. The van der Waals surface area contributed by atoms with E-state index in [1.165, 1.54) is 0 Å². The number of hydrogen-bond donors (Lipinski definition) is 2. The van der Waals surface area contributed by atoms with Crippen molar-refractivity contribution in [1.29, 1.82) is 5.41 Å². The molecule has 0 saturated heterocycles. The lowest BCUT2D eigenvalue weighted by molar-refractivity contribution is -0.150. The van der Waals surface area contributed by atoms with Gasteiger partial charge in [0.15, 0.2) is 5.78 Å². The monoisotopic (exact) mass is 228 g/mol. The first-order valence-electron chi connectivity index (χ1n) is 4.94. The number of carbonyl (C=O) groups is 3. The van der Waals surface area contributed by atoms with Gasteiger partial charge in [-0.2, -0.15) is 0 Å². The quantitative estimate of drug-likeness (QED) is 0.348. The molecule has 6 nitrogen and oxygen atoms in total. The Kier molecular flexibility index (Phi) is 6.74. The van der Waals surface area contributed by atoms with Crippen molar-refractivity contribution < 1.29 is 19.1 Å². The molecule has 1 unspecified atom stereocenters. The van der Waals surface area contributed by atoms with Crippen molar-refractivity contribution in [1.82, 2.24) is 5.32 Å². The third-order valence-electron chi connectivity index (χ3n) is 1.75. The minimum absolute atomic E-state index is 0.0300. The SMILES string of the molecule is CC(C)OC(=O)C(CCC(=O)C=N)NC=O. The summed E-state index contributed by atoms with van der Waals surface area (Å²) in [6, 6.07) is -0.830. The van der Waals surface area contributed by atoms with E-state index in [1.54, 1.807) is 13.8 Å². The number of nitrogens with one attached hydrogen (secondary N) is 2. The summed E-state index contributed by atoms with van der Waals surface area (Å²) >= 11 is 0. The molecule has 6 heteroatoms. The summed E-state index contributed by atoms with van der Waals surface area (Å²) < 4.78 is 4.90. The Morgan fingerprint density at radius 1 is 1.44 bits per heavy atom. The van der Waals surface area contributed by atoms with Crippen LogP contribution >= 0.6 is 0 Å². The van der Waals surface area contributed by atoms with Gasteiger partial charge in [-0.3, -0.25) is 9.59 Å². The molecular formula is C10H16N2O4. The Balaban J connectivity index is 4.24. The molecule has 1 amide bonds. The van der Waals surface area contributed by atoms with Crippen LogP contribution in [0.2, 0.25) is 0 Å². The molecular weight excluding hydrogens is 212 g/mol. The second-order valence-corrected chi connectivity index (χ2v) is 3.47. The van der Waals surface area contributed by atoms with Crippen LogP contribution in [0, 0.1) is 5.41 Å². The van der Waals surface area contributed by atoms with E-state index in [4.69, 9.17) is 10.1 Å². The van der Waals surface area contributed by atoms with Crippen molar-refractivity contribution in [3.63, 3.8) is 0 Å². The van der Waals surface area contributed by atoms with Crippen molar-refractivity contribution in [3.05, 3.63) is 0 Å². The van der Waals surface area contributed by atoms with Gasteiger partial charge in [-0.05, 0) is 20.3 Å². The smallest absolute Gasteiger partial charge is 0.328 e. The van der Waals surface area contributed by atoms with E-state index in [9.17, 15) is 14.4 Å². The minimum Gasteiger partial charge on any atom is -0.461 e. The summed E-state index contributed by atoms with van der Waals surface area (Å²) in [5.74, 6) is -0.963. The van der Waals surface area contributed by atoms with Crippen LogP contribution < -0.4 is 5.32 Å². The van der Waals surface area contributed by atoms with Gasteiger partial charge in [0, 0.05) is 6.42 Å². The van der Waals surface area contributed by atoms with Gasteiger partial charge < -0.3 is 15.5 Å². The molecule has 0 aromatic rings. The van der Waals surface area contributed by atoms with E-state index in [2.05, 4.69) is 5.32 Å². The summed E-state index contributed by atoms with van der Waals surface area (Å²) in [6.07, 6.45) is 0.968. The van der Waals surface area contributed by atoms with Crippen molar-refractivity contribution in [2.45, 2.75) is 38.8 Å². The highest BCUT2D eigenvalue weighted by molar-refractivity contribution is 6.26. The average Bonchev–Trinajstić information content (AvgIpc) is 2.22. The van der Waals surface area contributed by atoms with Gasteiger partial charge in [0.25, 0.3) is 0 Å². The molecule has 16 heavy (non-hydrogen) atoms. The first-order chi connectivity index (χ1) is 7.51. The predicted molar refractivity (Wildman–Crippen MR) is 57.2 cm³/mol. The third kappa shape index (κ3) is 5.90. The largest absolute Gasteiger partial charge is 0.461 e. The maximum atomic E-state index is 11.4. The lowest BCUT2D eigenvalue weighted by atomic mass is 10.1. The second-order valence-electron chi connectivity index (χ2n) is 3.47. The molecule has 0 aromatic heterocycles. The Labute approximate surface area is 93.9 Å². The first kappa shape index (κ1) is 14.3. The van der Waals surface area contributed by atoms with Gasteiger partial charge >= 0.3 is 5.97 Å². The first-order valence-corrected chi connectivity index (χ1v) is 4.94. The van der Waals surface area contributed by atoms with E-state index in [1.807, 2.05) is 0 Å². The van der Waals surface area contributed by atoms with E-state index in [0.717, 1.165) is 0 Å². The molecule has 0 aromatic carbocycles. The number of esters is 1. The molecule has 0 bridgehead atoms.